The molecule has 11 heteroatoms. The van der Waals surface area contributed by atoms with E-state index in [-0.39, 0.29) is 17.7 Å². The molecular formula is C23H26N6O4S. The molecule has 1 atom stereocenters. The van der Waals surface area contributed by atoms with Crippen LogP contribution in [-0.4, -0.2) is 55.0 Å². The number of fused-ring (bicyclic) bond motifs is 1. The molecule has 0 saturated carbocycles. The maximum absolute atomic E-state index is 13.2. The molecule has 10 nitrogen and oxygen atoms in total. The van der Waals surface area contributed by atoms with Crippen molar-refractivity contribution < 1.29 is 18.6 Å². The third-order valence-corrected chi connectivity index (χ3v) is 6.88. The minimum absolute atomic E-state index is 0.00506. The van der Waals surface area contributed by atoms with Crippen molar-refractivity contribution in [2.24, 2.45) is 16.0 Å². The van der Waals surface area contributed by atoms with Gasteiger partial charge in [0.2, 0.25) is 0 Å². The number of nitrogens with one attached hydrogen (secondary N) is 1. The zero-order chi connectivity index (χ0) is 23.7. The average molecular weight is 483 g/mol. The van der Waals surface area contributed by atoms with Crippen molar-refractivity contribution in [1.29, 1.82) is 0 Å². The second-order valence-corrected chi connectivity index (χ2v) is 9.79. The van der Waals surface area contributed by atoms with E-state index in [1.54, 1.807) is 30.7 Å². The number of piperidine rings is 1. The SMILES string of the molecule is NC1=NS(O)(O)Nc2cccc(OCC3CCCN(C(=O)c4cccc(-n5ccnc5)c4)C3)c21. The van der Waals surface area contributed by atoms with Gasteiger partial charge in [0.05, 0.1) is 24.2 Å². The molecule has 1 aromatic heterocycles. The van der Waals surface area contributed by atoms with Gasteiger partial charge in [0.15, 0.2) is 5.84 Å². The van der Waals surface area contributed by atoms with Crippen molar-refractivity contribution in [3.63, 3.8) is 0 Å². The Bertz CT molecular complexity index is 1230. The van der Waals surface area contributed by atoms with Crippen LogP contribution in [-0.2, 0) is 0 Å². The van der Waals surface area contributed by atoms with Crippen molar-refractivity contribution in [1.82, 2.24) is 14.5 Å². The van der Waals surface area contributed by atoms with E-state index in [4.69, 9.17) is 10.5 Å². The predicted octanol–water partition coefficient (Wildman–Crippen LogP) is 3.51. The lowest BCUT2D eigenvalue weighted by atomic mass is 9.98. The molecule has 178 valence electrons. The molecule has 0 bridgehead atoms. The third-order valence-electron chi connectivity index (χ3n) is 5.93. The van der Waals surface area contributed by atoms with Gasteiger partial charge in [-0.1, -0.05) is 12.1 Å². The first-order valence-corrected chi connectivity index (χ1v) is 12.5. The number of rotatable bonds is 5. The molecule has 1 amide bonds. The summed E-state index contributed by atoms with van der Waals surface area (Å²) in [5, 5.41) is 0. The van der Waals surface area contributed by atoms with Gasteiger partial charge in [-0.15, -0.1) is 4.40 Å². The highest BCUT2D eigenvalue weighted by molar-refractivity contribution is 8.24. The van der Waals surface area contributed by atoms with E-state index in [0.717, 1.165) is 18.5 Å². The van der Waals surface area contributed by atoms with Crippen LogP contribution in [0.25, 0.3) is 5.69 Å². The number of likely N-dealkylation sites (tertiary alicyclic amines) is 1. The van der Waals surface area contributed by atoms with E-state index in [0.29, 0.717) is 42.3 Å². The molecule has 0 radical (unpaired) electrons. The zero-order valence-corrected chi connectivity index (χ0v) is 19.2. The first-order valence-electron chi connectivity index (χ1n) is 10.9. The molecule has 34 heavy (non-hydrogen) atoms. The summed E-state index contributed by atoms with van der Waals surface area (Å²) in [4.78, 5) is 19.2. The number of ether oxygens (including phenoxy) is 1. The van der Waals surface area contributed by atoms with Crippen LogP contribution in [0, 0.1) is 5.92 Å². The van der Waals surface area contributed by atoms with Crippen molar-refractivity contribution >= 4 is 28.4 Å². The summed E-state index contributed by atoms with van der Waals surface area (Å²) in [6, 6.07) is 12.7. The van der Waals surface area contributed by atoms with Crippen molar-refractivity contribution in [3.05, 3.63) is 72.3 Å². The number of aromatic nitrogens is 2. The Kier molecular flexibility index (Phi) is 5.90. The summed E-state index contributed by atoms with van der Waals surface area (Å²) < 4.78 is 34.0. The van der Waals surface area contributed by atoms with E-state index in [2.05, 4.69) is 14.1 Å². The largest absolute Gasteiger partial charge is 0.492 e. The molecule has 5 N–H and O–H groups in total. The molecule has 3 heterocycles. The number of carbonyl (C=O) groups is 1. The van der Waals surface area contributed by atoms with E-state index in [1.165, 1.54) is 0 Å². The standard InChI is InChI=1S/C23H26N6O4S/c24-22-21-19(26-34(31,32)27-22)7-2-8-20(21)33-14-16-4-3-10-28(13-16)23(30)17-5-1-6-18(12-17)29-11-9-25-15-29/h1-2,5-9,11-12,15-16,26,31-32H,3-4,10,13-14H2,(H2,24,27). The first-order chi connectivity index (χ1) is 16.4. The zero-order valence-electron chi connectivity index (χ0n) is 18.4. The lowest BCUT2D eigenvalue weighted by molar-refractivity contribution is 0.0633. The Morgan fingerprint density at radius 2 is 2.12 bits per heavy atom. The van der Waals surface area contributed by atoms with Gasteiger partial charge >= 0.3 is 0 Å². The number of carbonyl (C=O) groups excluding carboxylic acids is 1. The van der Waals surface area contributed by atoms with E-state index < -0.39 is 11.0 Å². The Balaban J connectivity index is 1.26. The fraction of sp³-hybridized carbons (Fsp3) is 0.261. The van der Waals surface area contributed by atoms with Gasteiger partial charge in [-0.05, 0) is 54.1 Å². The van der Waals surface area contributed by atoms with Crippen LogP contribution in [0.4, 0.5) is 5.69 Å². The molecule has 1 saturated heterocycles. The maximum atomic E-state index is 13.2. The van der Waals surface area contributed by atoms with E-state index >= 15 is 0 Å². The topological polar surface area (TPSA) is 138 Å². The Morgan fingerprint density at radius 3 is 2.94 bits per heavy atom. The molecule has 3 aromatic rings. The normalized spacial score (nSPS) is 20.0. The summed E-state index contributed by atoms with van der Waals surface area (Å²) in [5.74, 6) is 0.676. The van der Waals surface area contributed by atoms with Gasteiger partial charge in [0.1, 0.15) is 5.75 Å². The van der Waals surface area contributed by atoms with Crippen LogP contribution in [0.3, 0.4) is 0 Å². The molecule has 0 spiro atoms. The fourth-order valence-electron chi connectivity index (χ4n) is 4.34. The molecular weight excluding hydrogens is 456 g/mol. The van der Waals surface area contributed by atoms with Gasteiger partial charge in [-0.3, -0.25) is 18.6 Å². The minimum Gasteiger partial charge on any atom is -0.492 e. The van der Waals surface area contributed by atoms with Crippen molar-refractivity contribution in [2.75, 3.05) is 24.4 Å². The van der Waals surface area contributed by atoms with Crippen LogP contribution in [0.1, 0.15) is 28.8 Å². The number of nitrogens with zero attached hydrogens (tertiary/aromatic N) is 4. The number of anilines is 1. The minimum atomic E-state index is -3.35. The number of imidazole rings is 1. The summed E-state index contributed by atoms with van der Waals surface area (Å²) in [7, 11) is -3.35. The summed E-state index contributed by atoms with van der Waals surface area (Å²) in [6.07, 6.45) is 7.08. The fourth-order valence-corrected chi connectivity index (χ4v) is 5.22. The smallest absolute Gasteiger partial charge is 0.253 e. The lowest BCUT2D eigenvalue weighted by Crippen LogP contribution is -2.41. The third kappa shape index (κ3) is 4.58. The predicted molar refractivity (Wildman–Crippen MR) is 131 cm³/mol. The average Bonchev–Trinajstić information content (AvgIpc) is 3.37. The first kappa shape index (κ1) is 22.3. The van der Waals surface area contributed by atoms with Crippen LogP contribution in [0.2, 0.25) is 0 Å². The highest BCUT2D eigenvalue weighted by atomic mass is 32.3. The molecule has 2 aromatic carbocycles. The van der Waals surface area contributed by atoms with Crippen LogP contribution >= 0.6 is 11.0 Å². The maximum Gasteiger partial charge on any atom is 0.253 e. The summed E-state index contributed by atoms with van der Waals surface area (Å²) in [6.45, 7) is 1.69. The molecule has 2 aliphatic heterocycles. The number of amides is 1. The molecule has 1 fully saturated rings. The van der Waals surface area contributed by atoms with Crippen LogP contribution < -0.4 is 15.2 Å². The molecule has 2 aliphatic rings. The van der Waals surface area contributed by atoms with Gasteiger partial charge in [-0.2, -0.15) is 0 Å². The van der Waals surface area contributed by atoms with Crippen LogP contribution in [0.15, 0.2) is 65.6 Å². The number of hydrogen-bond acceptors (Lipinski definition) is 8. The quantitative estimate of drug-likeness (QED) is 0.436. The van der Waals surface area contributed by atoms with Crippen LogP contribution in [0.5, 0.6) is 5.75 Å². The number of nitrogens with two attached hydrogens (primary N) is 1. The Labute approximate surface area is 198 Å². The lowest BCUT2D eigenvalue weighted by Gasteiger charge is -2.34. The second-order valence-electron chi connectivity index (χ2n) is 8.37. The summed E-state index contributed by atoms with van der Waals surface area (Å²) in [5.41, 5.74) is 8.47. The molecule has 1 unspecified atom stereocenters. The van der Waals surface area contributed by atoms with Crippen molar-refractivity contribution in [2.45, 2.75) is 12.8 Å². The van der Waals surface area contributed by atoms with Gasteiger partial charge in [0.25, 0.3) is 5.91 Å². The Hall–Kier alpha value is -3.54. The molecule has 0 aliphatic carbocycles. The number of hydrogen-bond donors (Lipinski definition) is 4. The second kappa shape index (κ2) is 9.01. The molecule has 5 rings (SSSR count). The van der Waals surface area contributed by atoms with Crippen molar-refractivity contribution in [3.8, 4) is 11.4 Å². The number of benzene rings is 2. The monoisotopic (exact) mass is 482 g/mol. The van der Waals surface area contributed by atoms with Gasteiger partial charge in [0, 0.05) is 42.7 Å². The Morgan fingerprint density at radius 1 is 1.26 bits per heavy atom. The summed E-state index contributed by atoms with van der Waals surface area (Å²) >= 11 is 0. The van der Waals surface area contributed by atoms with E-state index in [1.807, 2.05) is 39.9 Å². The number of amidine groups is 1. The van der Waals surface area contributed by atoms with Gasteiger partial charge in [-0.25, -0.2) is 4.98 Å². The highest BCUT2D eigenvalue weighted by Gasteiger charge is 2.28. The van der Waals surface area contributed by atoms with Gasteiger partial charge < -0.3 is 19.9 Å². The highest BCUT2D eigenvalue weighted by Crippen LogP contribution is 2.46. The van der Waals surface area contributed by atoms with E-state index in [9.17, 15) is 13.9 Å².